The molecule has 1 heterocycles. The van der Waals surface area contributed by atoms with Gasteiger partial charge >= 0.3 is 0 Å². The molecule has 0 saturated heterocycles. The Morgan fingerprint density at radius 2 is 1.95 bits per heavy atom. The molecule has 0 radical (unpaired) electrons. The maximum atomic E-state index is 6.07. The highest BCUT2D eigenvalue weighted by atomic mass is 79.9. The molecule has 4 heteroatoms. The van der Waals surface area contributed by atoms with E-state index in [0.29, 0.717) is 5.88 Å². The van der Waals surface area contributed by atoms with Crippen molar-refractivity contribution >= 4 is 38.6 Å². The molecule has 0 aliphatic heterocycles. The van der Waals surface area contributed by atoms with Crippen molar-refractivity contribution in [2.75, 3.05) is 0 Å². The van der Waals surface area contributed by atoms with Gasteiger partial charge in [0.15, 0.2) is 0 Å². The summed E-state index contributed by atoms with van der Waals surface area (Å²) in [6.07, 6.45) is 0. The summed E-state index contributed by atoms with van der Waals surface area (Å²) in [7, 11) is 0. The summed E-state index contributed by atoms with van der Waals surface area (Å²) in [5, 5.41) is 0. The Morgan fingerprint density at radius 1 is 1.15 bits per heavy atom. The molecule has 3 rings (SSSR count). The molecular weight excluding hydrogens is 336 g/mol. The maximum absolute atomic E-state index is 6.07. The van der Waals surface area contributed by atoms with Crippen LogP contribution in [-0.2, 0) is 12.4 Å². The van der Waals surface area contributed by atoms with E-state index in [9.17, 15) is 0 Å². The molecule has 0 amide bonds. The first-order valence-corrected chi connectivity index (χ1v) is 7.77. The Morgan fingerprint density at radius 3 is 2.70 bits per heavy atom. The SMILES string of the molecule is Cc1cccc2c1nc(CCl)n2Cc1ccccc1Br. The number of halogens is 2. The fourth-order valence-corrected chi connectivity index (χ4v) is 3.02. The van der Waals surface area contributed by atoms with Gasteiger partial charge in [0.1, 0.15) is 5.82 Å². The van der Waals surface area contributed by atoms with Gasteiger partial charge < -0.3 is 4.57 Å². The van der Waals surface area contributed by atoms with E-state index in [-0.39, 0.29) is 0 Å². The number of fused-ring (bicyclic) bond motifs is 1. The zero-order valence-corrected chi connectivity index (χ0v) is 13.4. The molecule has 0 bridgehead atoms. The van der Waals surface area contributed by atoms with Gasteiger partial charge in [-0.1, -0.05) is 46.3 Å². The van der Waals surface area contributed by atoms with Crippen LogP contribution in [0, 0.1) is 6.92 Å². The molecule has 3 aromatic rings. The molecule has 0 spiro atoms. The van der Waals surface area contributed by atoms with Crippen molar-refractivity contribution in [3.63, 3.8) is 0 Å². The van der Waals surface area contributed by atoms with Gasteiger partial charge in [-0.3, -0.25) is 0 Å². The topological polar surface area (TPSA) is 17.8 Å². The molecule has 0 saturated carbocycles. The summed E-state index contributed by atoms with van der Waals surface area (Å²) < 4.78 is 3.30. The van der Waals surface area contributed by atoms with Crippen LogP contribution in [0.25, 0.3) is 11.0 Å². The first kappa shape index (κ1) is 13.7. The molecule has 0 N–H and O–H groups in total. The fourth-order valence-electron chi connectivity index (χ4n) is 2.41. The standard InChI is InChI=1S/C16H14BrClN2/c1-11-5-4-8-14-16(11)19-15(9-18)20(14)10-12-6-2-3-7-13(12)17/h2-8H,9-10H2,1H3. The lowest BCUT2D eigenvalue weighted by Gasteiger charge is -2.09. The number of benzene rings is 2. The van der Waals surface area contributed by atoms with Crippen LogP contribution in [0.1, 0.15) is 17.0 Å². The average Bonchev–Trinajstić information content (AvgIpc) is 2.81. The van der Waals surface area contributed by atoms with Crippen LogP contribution in [-0.4, -0.2) is 9.55 Å². The van der Waals surface area contributed by atoms with Crippen molar-refractivity contribution in [1.82, 2.24) is 9.55 Å². The molecule has 0 atom stereocenters. The normalized spacial score (nSPS) is 11.2. The van der Waals surface area contributed by atoms with Gasteiger partial charge in [-0.2, -0.15) is 0 Å². The number of hydrogen-bond acceptors (Lipinski definition) is 1. The van der Waals surface area contributed by atoms with E-state index in [0.717, 1.165) is 27.9 Å². The molecular formula is C16H14BrClN2. The summed E-state index contributed by atoms with van der Waals surface area (Å²) in [6, 6.07) is 14.5. The lowest BCUT2D eigenvalue weighted by atomic mass is 10.2. The van der Waals surface area contributed by atoms with Crippen molar-refractivity contribution in [3.8, 4) is 0 Å². The highest BCUT2D eigenvalue weighted by Gasteiger charge is 2.12. The zero-order chi connectivity index (χ0) is 14.1. The Kier molecular flexibility index (Phi) is 3.81. The molecule has 2 aromatic carbocycles. The predicted octanol–water partition coefficient (Wildman–Crippen LogP) is 4.89. The van der Waals surface area contributed by atoms with E-state index in [2.05, 4.69) is 62.7 Å². The minimum Gasteiger partial charge on any atom is -0.322 e. The fraction of sp³-hybridized carbons (Fsp3) is 0.188. The first-order valence-electron chi connectivity index (χ1n) is 6.45. The van der Waals surface area contributed by atoms with Gasteiger partial charge in [-0.05, 0) is 30.2 Å². The molecule has 1 aromatic heterocycles. The Bertz CT molecular complexity index is 764. The Balaban J connectivity index is 2.15. The number of hydrogen-bond donors (Lipinski definition) is 0. The van der Waals surface area contributed by atoms with Crippen molar-refractivity contribution in [3.05, 3.63) is 63.9 Å². The Labute approximate surface area is 131 Å². The Hall–Kier alpha value is -1.32. The van der Waals surface area contributed by atoms with Crippen LogP contribution in [0.4, 0.5) is 0 Å². The highest BCUT2D eigenvalue weighted by Crippen LogP contribution is 2.24. The number of nitrogens with zero attached hydrogens (tertiary/aromatic N) is 2. The van der Waals surface area contributed by atoms with Crippen molar-refractivity contribution < 1.29 is 0 Å². The van der Waals surface area contributed by atoms with Crippen LogP contribution in [0.15, 0.2) is 46.9 Å². The van der Waals surface area contributed by atoms with E-state index in [1.807, 2.05) is 12.1 Å². The summed E-state index contributed by atoms with van der Waals surface area (Å²) in [4.78, 5) is 4.67. The van der Waals surface area contributed by atoms with E-state index in [1.54, 1.807) is 0 Å². The van der Waals surface area contributed by atoms with E-state index >= 15 is 0 Å². The predicted molar refractivity (Wildman–Crippen MR) is 87.3 cm³/mol. The second-order valence-corrected chi connectivity index (χ2v) is 5.90. The summed E-state index contributed by atoms with van der Waals surface area (Å²) in [6.45, 7) is 2.85. The zero-order valence-electron chi connectivity index (χ0n) is 11.1. The first-order chi connectivity index (χ1) is 9.70. The van der Waals surface area contributed by atoms with Gasteiger partial charge in [0.05, 0.1) is 23.5 Å². The molecule has 0 aliphatic rings. The molecule has 0 unspecified atom stereocenters. The molecule has 20 heavy (non-hydrogen) atoms. The summed E-state index contributed by atoms with van der Waals surface area (Å²) >= 11 is 9.67. The van der Waals surface area contributed by atoms with E-state index in [4.69, 9.17) is 11.6 Å². The van der Waals surface area contributed by atoms with Gasteiger partial charge in [-0.25, -0.2) is 4.98 Å². The molecule has 2 nitrogen and oxygen atoms in total. The maximum Gasteiger partial charge on any atom is 0.125 e. The third-order valence-electron chi connectivity index (χ3n) is 3.47. The highest BCUT2D eigenvalue weighted by molar-refractivity contribution is 9.10. The van der Waals surface area contributed by atoms with Crippen molar-refractivity contribution in [1.29, 1.82) is 0 Å². The van der Waals surface area contributed by atoms with Crippen LogP contribution in [0.5, 0.6) is 0 Å². The number of aryl methyl sites for hydroxylation is 1. The van der Waals surface area contributed by atoms with Crippen LogP contribution in [0.3, 0.4) is 0 Å². The number of rotatable bonds is 3. The van der Waals surface area contributed by atoms with Gasteiger partial charge in [0, 0.05) is 4.47 Å². The minimum atomic E-state index is 0.415. The van der Waals surface area contributed by atoms with Crippen LogP contribution in [0.2, 0.25) is 0 Å². The quantitative estimate of drug-likeness (QED) is 0.615. The number of imidazole rings is 1. The smallest absolute Gasteiger partial charge is 0.125 e. The molecule has 0 fully saturated rings. The summed E-state index contributed by atoms with van der Waals surface area (Å²) in [5.41, 5.74) is 4.58. The number of para-hydroxylation sites is 1. The van der Waals surface area contributed by atoms with E-state index < -0.39 is 0 Å². The monoisotopic (exact) mass is 348 g/mol. The van der Waals surface area contributed by atoms with Gasteiger partial charge in [0.25, 0.3) is 0 Å². The third kappa shape index (κ3) is 2.36. The van der Waals surface area contributed by atoms with Crippen LogP contribution >= 0.6 is 27.5 Å². The van der Waals surface area contributed by atoms with E-state index in [1.165, 1.54) is 11.1 Å². The van der Waals surface area contributed by atoms with Crippen molar-refractivity contribution in [2.45, 2.75) is 19.3 Å². The number of alkyl halides is 1. The summed E-state index contributed by atoms with van der Waals surface area (Å²) in [5.74, 6) is 1.32. The molecule has 102 valence electrons. The number of aromatic nitrogens is 2. The second kappa shape index (κ2) is 5.58. The second-order valence-electron chi connectivity index (χ2n) is 4.78. The lowest BCUT2D eigenvalue weighted by molar-refractivity contribution is 0.776. The lowest BCUT2D eigenvalue weighted by Crippen LogP contribution is -2.04. The van der Waals surface area contributed by atoms with Gasteiger partial charge in [0.2, 0.25) is 0 Å². The molecule has 0 aliphatic carbocycles. The third-order valence-corrected chi connectivity index (χ3v) is 4.48. The largest absolute Gasteiger partial charge is 0.322 e. The van der Waals surface area contributed by atoms with Crippen LogP contribution < -0.4 is 0 Å². The minimum absolute atomic E-state index is 0.415. The van der Waals surface area contributed by atoms with Gasteiger partial charge in [-0.15, -0.1) is 11.6 Å². The average molecular weight is 350 g/mol. The van der Waals surface area contributed by atoms with Crippen molar-refractivity contribution in [2.24, 2.45) is 0 Å².